The Morgan fingerprint density at radius 1 is 0.939 bits per heavy atom. The zero-order valence-corrected chi connectivity index (χ0v) is 21.0. The summed E-state index contributed by atoms with van der Waals surface area (Å²) in [4.78, 5) is 0. The van der Waals surface area contributed by atoms with Crippen molar-refractivity contribution in [3.05, 3.63) is 0 Å². The SMILES string of the molecule is CC(CO)CCC[C@@H](C)[C@H]1C(O)C(O)[C@H]2[C@@H]3CC(O)C4(O)CC(O)CC[C@]4(C)[C@H]3CC[C@]12C. The van der Waals surface area contributed by atoms with Gasteiger partial charge in [-0.25, -0.2) is 0 Å². The van der Waals surface area contributed by atoms with E-state index < -0.39 is 35.4 Å². The minimum absolute atomic E-state index is 0.00169. The normalized spacial score (nSPS) is 53.6. The van der Waals surface area contributed by atoms with E-state index >= 15 is 0 Å². The largest absolute Gasteiger partial charge is 0.396 e. The minimum Gasteiger partial charge on any atom is -0.396 e. The van der Waals surface area contributed by atoms with E-state index in [4.69, 9.17) is 0 Å². The predicted octanol–water partition coefficient (Wildman–Crippen LogP) is 2.47. The molecule has 0 aromatic rings. The van der Waals surface area contributed by atoms with Gasteiger partial charge >= 0.3 is 0 Å². The quantitative estimate of drug-likeness (QED) is 0.356. The summed E-state index contributed by atoms with van der Waals surface area (Å²) >= 11 is 0. The van der Waals surface area contributed by atoms with E-state index in [1.807, 2.05) is 0 Å². The van der Waals surface area contributed by atoms with Crippen LogP contribution in [0.5, 0.6) is 0 Å². The van der Waals surface area contributed by atoms with Gasteiger partial charge in [0.1, 0.15) is 0 Å². The first-order valence-electron chi connectivity index (χ1n) is 13.5. The van der Waals surface area contributed by atoms with Crippen molar-refractivity contribution in [3.63, 3.8) is 0 Å². The van der Waals surface area contributed by atoms with Gasteiger partial charge < -0.3 is 30.6 Å². The zero-order chi connectivity index (χ0) is 24.3. The fourth-order valence-electron chi connectivity index (χ4n) is 9.43. The third-order valence-corrected chi connectivity index (χ3v) is 11.3. The first-order valence-corrected chi connectivity index (χ1v) is 13.5. The maximum atomic E-state index is 11.6. The number of hydrogen-bond acceptors (Lipinski definition) is 6. The summed E-state index contributed by atoms with van der Waals surface area (Å²) in [5.74, 6) is 0.665. The highest BCUT2D eigenvalue weighted by atomic mass is 16.3. The van der Waals surface area contributed by atoms with E-state index in [2.05, 4.69) is 27.7 Å². The van der Waals surface area contributed by atoms with E-state index in [0.717, 1.165) is 32.1 Å². The topological polar surface area (TPSA) is 121 Å². The van der Waals surface area contributed by atoms with Gasteiger partial charge in [-0.05, 0) is 79.4 Å². The summed E-state index contributed by atoms with van der Waals surface area (Å²) in [7, 11) is 0. The lowest BCUT2D eigenvalue weighted by Crippen LogP contribution is -2.69. The molecule has 4 aliphatic carbocycles. The van der Waals surface area contributed by atoms with Crippen molar-refractivity contribution in [2.75, 3.05) is 6.61 Å². The van der Waals surface area contributed by atoms with Crippen molar-refractivity contribution < 1.29 is 30.6 Å². The van der Waals surface area contributed by atoms with Crippen LogP contribution in [0.2, 0.25) is 0 Å². The molecule has 33 heavy (non-hydrogen) atoms. The molecule has 0 bridgehead atoms. The third-order valence-electron chi connectivity index (χ3n) is 11.3. The molecule has 6 nitrogen and oxygen atoms in total. The number of rotatable bonds is 6. The highest BCUT2D eigenvalue weighted by Crippen LogP contribution is 2.69. The third kappa shape index (κ3) is 3.82. The molecule has 6 unspecified atom stereocenters. The Balaban J connectivity index is 1.58. The Hall–Kier alpha value is -0.240. The molecule has 192 valence electrons. The summed E-state index contributed by atoms with van der Waals surface area (Å²) in [5, 5.41) is 65.0. The maximum absolute atomic E-state index is 11.6. The Morgan fingerprint density at radius 2 is 1.64 bits per heavy atom. The molecule has 0 aromatic carbocycles. The van der Waals surface area contributed by atoms with Gasteiger partial charge in [0, 0.05) is 18.4 Å². The molecule has 0 saturated heterocycles. The van der Waals surface area contributed by atoms with Crippen LogP contribution < -0.4 is 0 Å². The van der Waals surface area contributed by atoms with Gasteiger partial charge in [-0.2, -0.15) is 0 Å². The van der Waals surface area contributed by atoms with Crippen molar-refractivity contribution >= 4 is 0 Å². The standard InChI is InChI=1S/C27H48O6/c1-15(14-28)6-5-7-16(2)21-23(31)24(32)22-18-12-20(30)27(33)13-17(29)8-11-26(27,4)19(18)9-10-25(21,22)3/h15-24,28-33H,5-14H2,1-4H3/t15?,16-,17?,18-,19+,20?,21+,22-,23?,24?,25-,26-,27?/m1/s1. The van der Waals surface area contributed by atoms with Crippen molar-refractivity contribution in [3.8, 4) is 0 Å². The van der Waals surface area contributed by atoms with Gasteiger partial charge in [-0.1, -0.05) is 40.5 Å². The Morgan fingerprint density at radius 3 is 2.30 bits per heavy atom. The molecule has 0 heterocycles. The van der Waals surface area contributed by atoms with Gasteiger partial charge in [-0.3, -0.25) is 0 Å². The van der Waals surface area contributed by atoms with Crippen molar-refractivity contribution in [1.29, 1.82) is 0 Å². The summed E-state index contributed by atoms with van der Waals surface area (Å²) < 4.78 is 0. The van der Waals surface area contributed by atoms with Crippen LogP contribution in [0.4, 0.5) is 0 Å². The molecule has 4 aliphatic rings. The fourth-order valence-corrected chi connectivity index (χ4v) is 9.43. The zero-order valence-electron chi connectivity index (χ0n) is 21.0. The molecule has 6 N–H and O–H groups in total. The fraction of sp³-hybridized carbons (Fsp3) is 1.00. The van der Waals surface area contributed by atoms with Crippen molar-refractivity contribution in [1.82, 2.24) is 0 Å². The van der Waals surface area contributed by atoms with Crippen LogP contribution in [0.1, 0.15) is 85.5 Å². The molecule has 0 aromatic heterocycles. The molecule has 0 spiro atoms. The highest BCUT2D eigenvalue weighted by Gasteiger charge is 2.70. The highest BCUT2D eigenvalue weighted by molar-refractivity contribution is 5.19. The molecular weight excluding hydrogens is 420 g/mol. The van der Waals surface area contributed by atoms with Crippen LogP contribution in [0.3, 0.4) is 0 Å². The Kier molecular flexibility index (Phi) is 7.05. The second-order valence-electron chi connectivity index (χ2n) is 13.0. The average Bonchev–Trinajstić information content (AvgIpc) is 2.95. The maximum Gasteiger partial charge on any atom is 0.0985 e. The van der Waals surface area contributed by atoms with Crippen LogP contribution in [0.15, 0.2) is 0 Å². The summed E-state index contributed by atoms with van der Waals surface area (Å²) in [5.41, 5.74) is -2.00. The number of fused-ring (bicyclic) bond motifs is 5. The average molecular weight is 469 g/mol. The monoisotopic (exact) mass is 468 g/mol. The molecular formula is C27H48O6. The molecule has 4 saturated carbocycles. The van der Waals surface area contributed by atoms with Gasteiger partial charge in [0.2, 0.25) is 0 Å². The van der Waals surface area contributed by atoms with Crippen LogP contribution >= 0.6 is 0 Å². The number of hydrogen-bond donors (Lipinski definition) is 6. The Bertz CT molecular complexity index is 702. The van der Waals surface area contributed by atoms with Gasteiger partial charge in [0.25, 0.3) is 0 Å². The molecule has 0 radical (unpaired) electrons. The molecule has 13 atom stereocenters. The van der Waals surface area contributed by atoms with Crippen molar-refractivity contribution in [2.45, 2.75) is 115 Å². The minimum atomic E-state index is -1.29. The predicted molar refractivity (Wildman–Crippen MR) is 126 cm³/mol. The second-order valence-corrected chi connectivity index (χ2v) is 13.0. The first kappa shape index (κ1) is 25.8. The first-order chi connectivity index (χ1) is 15.4. The number of aliphatic hydroxyl groups excluding tert-OH is 5. The summed E-state index contributed by atoms with van der Waals surface area (Å²) in [6, 6.07) is 0. The van der Waals surface area contributed by atoms with E-state index in [1.54, 1.807) is 0 Å². The van der Waals surface area contributed by atoms with E-state index in [0.29, 0.717) is 19.3 Å². The Labute approximate surface area is 199 Å². The van der Waals surface area contributed by atoms with Gasteiger partial charge in [0.15, 0.2) is 0 Å². The molecule has 0 amide bonds. The van der Waals surface area contributed by atoms with Crippen LogP contribution in [-0.4, -0.2) is 67.3 Å². The smallest absolute Gasteiger partial charge is 0.0985 e. The number of aliphatic hydroxyl groups is 6. The lowest BCUT2D eigenvalue weighted by molar-refractivity contribution is -0.268. The van der Waals surface area contributed by atoms with Gasteiger partial charge in [0.05, 0.1) is 30.0 Å². The van der Waals surface area contributed by atoms with E-state index in [9.17, 15) is 30.6 Å². The van der Waals surface area contributed by atoms with Crippen LogP contribution in [0.25, 0.3) is 0 Å². The molecule has 0 aliphatic heterocycles. The lowest BCUT2D eigenvalue weighted by atomic mass is 9.42. The summed E-state index contributed by atoms with van der Waals surface area (Å²) in [6.45, 7) is 8.78. The molecule has 4 fully saturated rings. The molecule has 6 heteroatoms. The lowest BCUT2D eigenvalue weighted by Gasteiger charge is -2.65. The van der Waals surface area contributed by atoms with Gasteiger partial charge in [-0.15, -0.1) is 0 Å². The van der Waals surface area contributed by atoms with E-state index in [-0.39, 0.29) is 54.0 Å². The van der Waals surface area contributed by atoms with Crippen LogP contribution in [-0.2, 0) is 0 Å². The van der Waals surface area contributed by atoms with Crippen LogP contribution in [0, 0.1) is 46.3 Å². The second kappa shape index (κ2) is 9.01. The summed E-state index contributed by atoms with van der Waals surface area (Å²) in [6.07, 6.45) is 3.59. The van der Waals surface area contributed by atoms with Crippen molar-refractivity contribution in [2.24, 2.45) is 46.3 Å². The van der Waals surface area contributed by atoms with E-state index in [1.165, 1.54) is 0 Å². The molecule has 4 rings (SSSR count).